The first kappa shape index (κ1) is 16.7. The number of amides is 1. The second-order valence-corrected chi connectivity index (χ2v) is 7.84. The minimum Gasteiger partial charge on any atom is -0.325 e. The topological polar surface area (TPSA) is 41.1 Å². The van der Waals surface area contributed by atoms with Crippen LogP contribution in [-0.4, -0.2) is 23.7 Å². The highest BCUT2D eigenvalue weighted by Gasteiger charge is 2.25. The molecule has 1 aliphatic rings. The number of anilines is 1. The summed E-state index contributed by atoms with van der Waals surface area (Å²) in [6.45, 7) is 7.27. The highest BCUT2D eigenvalue weighted by atomic mass is 35.5. The molecule has 0 saturated carbocycles. The Morgan fingerprint density at radius 3 is 2.90 bits per heavy atom. The molecule has 21 heavy (non-hydrogen) atoms. The van der Waals surface area contributed by atoms with Crippen molar-refractivity contribution >= 4 is 35.0 Å². The second kappa shape index (κ2) is 7.52. The van der Waals surface area contributed by atoms with E-state index in [2.05, 4.69) is 31.4 Å². The molecule has 3 nitrogen and oxygen atoms in total. The second-order valence-electron chi connectivity index (χ2n) is 5.85. The van der Waals surface area contributed by atoms with Crippen molar-refractivity contribution in [1.82, 2.24) is 5.32 Å². The first-order chi connectivity index (χ1) is 9.97. The van der Waals surface area contributed by atoms with Crippen LogP contribution in [0.4, 0.5) is 5.69 Å². The zero-order chi connectivity index (χ0) is 15.4. The van der Waals surface area contributed by atoms with E-state index in [4.69, 9.17) is 11.6 Å². The maximum atomic E-state index is 12.5. The van der Waals surface area contributed by atoms with Crippen molar-refractivity contribution in [3.8, 4) is 0 Å². The minimum absolute atomic E-state index is 0.0807. The lowest BCUT2D eigenvalue weighted by atomic mass is 9.92. The van der Waals surface area contributed by atoms with E-state index in [1.54, 1.807) is 11.8 Å². The van der Waals surface area contributed by atoms with Crippen molar-refractivity contribution in [3.05, 3.63) is 23.2 Å². The van der Waals surface area contributed by atoms with Crippen LogP contribution in [0.3, 0.4) is 0 Å². The monoisotopic (exact) mass is 326 g/mol. The molecule has 5 heteroatoms. The highest BCUT2D eigenvalue weighted by Crippen LogP contribution is 2.37. The predicted octanol–water partition coefficient (Wildman–Crippen LogP) is 4.17. The Bertz CT molecular complexity index is 507. The quantitative estimate of drug-likeness (QED) is 0.816. The van der Waals surface area contributed by atoms with E-state index in [1.165, 1.54) is 0 Å². The summed E-state index contributed by atoms with van der Waals surface area (Å²) in [6.07, 6.45) is 1.78. The van der Waals surface area contributed by atoms with Crippen LogP contribution in [0.15, 0.2) is 23.1 Å². The van der Waals surface area contributed by atoms with Crippen LogP contribution in [0.5, 0.6) is 0 Å². The summed E-state index contributed by atoms with van der Waals surface area (Å²) in [5.74, 6) is 0.188. The number of nitrogens with one attached hydrogen (secondary N) is 2. The van der Waals surface area contributed by atoms with Crippen LogP contribution in [0.2, 0.25) is 5.02 Å². The number of piperidine rings is 1. The van der Waals surface area contributed by atoms with Crippen LogP contribution in [0.25, 0.3) is 0 Å². The number of hydrogen-bond acceptors (Lipinski definition) is 3. The average molecular weight is 327 g/mol. The molecule has 0 bridgehead atoms. The van der Waals surface area contributed by atoms with Gasteiger partial charge in [-0.05, 0) is 38.4 Å². The van der Waals surface area contributed by atoms with E-state index in [-0.39, 0.29) is 11.8 Å². The summed E-state index contributed by atoms with van der Waals surface area (Å²) in [4.78, 5) is 13.4. The summed E-state index contributed by atoms with van der Waals surface area (Å²) in [5.41, 5.74) is 0.831. The molecule has 116 valence electrons. The van der Waals surface area contributed by atoms with Crippen molar-refractivity contribution < 1.29 is 4.79 Å². The summed E-state index contributed by atoms with van der Waals surface area (Å²) in [6, 6.07) is 6.08. The maximum Gasteiger partial charge on any atom is 0.227 e. The first-order valence-corrected chi connectivity index (χ1v) is 8.72. The van der Waals surface area contributed by atoms with Gasteiger partial charge in [0.25, 0.3) is 0 Å². The van der Waals surface area contributed by atoms with Crippen LogP contribution in [-0.2, 0) is 4.79 Å². The molecule has 1 aromatic rings. The fraction of sp³-hybridized carbons (Fsp3) is 0.562. The predicted molar refractivity (Wildman–Crippen MR) is 91.3 cm³/mol. The van der Waals surface area contributed by atoms with Gasteiger partial charge in [0.1, 0.15) is 0 Å². The summed E-state index contributed by atoms with van der Waals surface area (Å²) < 4.78 is 0. The molecule has 2 atom stereocenters. The van der Waals surface area contributed by atoms with Gasteiger partial charge in [0.2, 0.25) is 5.91 Å². The Morgan fingerprint density at radius 1 is 1.48 bits per heavy atom. The summed E-state index contributed by atoms with van der Waals surface area (Å²) in [7, 11) is 0. The summed E-state index contributed by atoms with van der Waals surface area (Å²) >= 11 is 7.97. The van der Waals surface area contributed by atoms with Crippen molar-refractivity contribution in [2.45, 2.75) is 49.8 Å². The van der Waals surface area contributed by atoms with E-state index in [1.807, 2.05) is 18.2 Å². The third kappa shape index (κ3) is 4.63. The molecule has 1 heterocycles. The zero-order valence-corrected chi connectivity index (χ0v) is 14.4. The van der Waals surface area contributed by atoms with Gasteiger partial charge in [0.05, 0.1) is 10.7 Å². The Morgan fingerprint density at radius 2 is 2.24 bits per heavy atom. The smallest absolute Gasteiger partial charge is 0.227 e. The van der Waals surface area contributed by atoms with Crippen LogP contribution in [0.1, 0.15) is 33.6 Å². The van der Waals surface area contributed by atoms with Crippen molar-refractivity contribution in [2.75, 3.05) is 11.9 Å². The largest absolute Gasteiger partial charge is 0.325 e. The van der Waals surface area contributed by atoms with Gasteiger partial charge in [0.15, 0.2) is 0 Å². The van der Waals surface area contributed by atoms with Crippen LogP contribution in [0, 0.1) is 5.92 Å². The van der Waals surface area contributed by atoms with Gasteiger partial charge in [-0.1, -0.05) is 31.5 Å². The van der Waals surface area contributed by atoms with Gasteiger partial charge in [-0.15, -0.1) is 11.8 Å². The fourth-order valence-corrected chi connectivity index (χ4v) is 3.77. The number of benzene rings is 1. The molecular formula is C16H23ClN2OS. The Balaban J connectivity index is 2.11. The fourth-order valence-electron chi connectivity index (χ4n) is 2.57. The van der Waals surface area contributed by atoms with Gasteiger partial charge in [-0.25, -0.2) is 0 Å². The number of halogens is 1. The van der Waals surface area contributed by atoms with Gasteiger partial charge in [-0.2, -0.15) is 0 Å². The maximum absolute atomic E-state index is 12.5. The van der Waals surface area contributed by atoms with Crippen molar-refractivity contribution in [3.63, 3.8) is 0 Å². The molecule has 0 spiro atoms. The number of thioether (sulfide) groups is 1. The molecule has 0 unspecified atom stereocenters. The Kier molecular flexibility index (Phi) is 5.97. The van der Waals surface area contributed by atoms with E-state index >= 15 is 0 Å². The molecule has 2 rings (SSSR count). The third-order valence-corrected chi connectivity index (χ3v) is 5.15. The molecule has 0 aromatic heterocycles. The number of rotatable bonds is 4. The molecule has 1 aliphatic heterocycles. The Labute approximate surface area is 136 Å². The van der Waals surface area contributed by atoms with Gasteiger partial charge in [0, 0.05) is 22.1 Å². The zero-order valence-electron chi connectivity index (χ0n) is 12.8. The van der Waals surface area contributed by atoms with E-state index < -0.39 is 0 Å². The van der Waals surface area contributed by atoms with Crippen molar-refractivity contribution in [2.24, 2.45) is 5.92 Å². The Hall–Kier alpha value is -0.710. The molecule has 2 N–H and O–H groups in total. The SMILES string of the molecule is CC(C)Sc1c(Cl)cccc1NC(=O)[C@H]1CCN[C@@H](C)C1. The lowest BCUT2D eigenvalue weighted by molar-refractivity contribution is -0.120. The molecule has 0 aliphatic carbocycles. The lowest BCUT2D eigenvalue weighted by Gasteiger charge is -2.27. The first-order valence-electron chi connectivity index (χ1n) is 7.46. The normalized spacial score (nSPS) is 22.3. The van der Waals surface area contributed by atoms with E-state index in [0.29, 0.717) is 16.3 Å². The average Bonchev–Trinajstić information content (AvgIpc) is 2.42. The van der Waals surface area contributed by atoms with Gasteiger partial charge >= 0.3 is 0 Å². The number of carbonyl (C=O) groups is 1. The third-order valence-electron chi connectivity index (χ3n) is 3.57. The molecular weight excluding hydrogens is 304 g/mol. The van der Waals surface area contributed by atoms with Crippen LogP contribution < -0.4 is 10.6 Å². The standard InChI is InChI=1S/C16H23ClN2OS/c1-10(2)21-15-13(17)5-4-6-14(15)19-16(20)12-7-8-18-11(3)9-12/h4-6,10-12,18H,7-9H2,1-3H3,(H,19,20)/t11-,12-/m0/s1. The van der Waals surface area contributed by atoms with Gasteiger partial charge < -0.3 is 10.6 Å². The highest BCUT2D eigenvalue weighted by molar-refractivity contribution is 8.00. The van der Waals surface area contributed by atoms with Gasteiger partial charge in [-0.3, -0.25) is 4.79 Å². The minimum atomic E-state index is 0.0807. The number of carbonyl (C=O) groups excluding carboxylic acids is 1. The van der Waals surface area contributed by atoms with E-state index in [9.17, 15) is 4.79 Å². The molecule has 0 radical (unpaired) electrons. The van der Waals surface area contributed by atoms with Crippen LogP contribution >= 0.6 is 23.4 Å². The van der Waals surface area contributed by atoms with E-state index in [0.717, 1.165) is 30.0 Å². The molecule has 1 saturated heterocycles. The number of hydrogen-bond donors (Lipinski definition) is 2. The van der Waals surface area contributed by atoms with Crippen molar-refractivity contribution in [1.29, 1.82) is 0 Å². The molecule has 1 aromatic carbocycles. The molecule has 1 fully saturated rings. The lowest BCUT2D eigenvalue weighted by Crippen LogP contribution is -2.40. The molecule has 1 amide bonds. The summed E-state index contributed by atoms with van der Waals surface area (Å²) in [5, 5.41) is 7.56.